The Hall–Kier alpha value is -2.11. The molecular formula is C17H16ClN3OS. The van der Waals surface area contributed by atoms with Crippen LogP contribution < -0.4 is 10.5 Å². The van der Waals surface area contributed by atoms with Gasteiger partial charge < -0.3 is 0 Å². The van der Waals surface area contributed by atoms with E-state index in [1.807, 2.05) is 43.3 Å². The Kier molecular flexibility index (Phi) is 4.79. The number of benzene rings is 2. The summed E-state index contributed by atoms with van der Waals surface area (Å²) < 4.78 is 4.40. The third kappa shape index (κ3) is 3.81. The number of nitrogens with one attached hydrogen (secondary N) is 1. The van der Waals surface area contributed by atoms with E-state index < -0.39 is 0 Å². The van der Waals surface area contributed by atoms with E-state index in [0.29, 0.717) is 16.4 Å². The second-order valence-electron chi connectivity index (χ2n) is 5.22. The number of nitrogens with zero attached hydrogens (tertiary/aromatic N) is 2. The van der Waals surface area contributed by atoms with Crippen LogP contribution in [0.3, 0.4) is 0 Å². The highest BCUT2D eigenvalue weighted by molar-refractivity contribution is 7.02. The lowest BCUT2D eigenvalue weighted by Crippen LogP contribution is -2.27. The Labute approximate surface area is 142 Å². The number of hydrogen-bond acceptors (Lipinski definition) is 3. The fourth-order valence-electron chi connectivity index (χ4n) is 2.21. The second kappa shape index (κ2) is 6.98. The van der Waals surface area contributed by atoms with Gasteiger partial charge in [0.15, 0.2) is 0 Å². The molecule has 0 aliphatic rings. The van der Waals surface area contributed by atoms with E-state index in [9.17, 15) is 4.79 Å². The molecular weight excluding hydrogens is 330 g/mol. The molecule has 0 fully saturated rings. The molecule has 0 spiro atoms. The topological polar surface area (TPSA) is 50.1 Å². The molecule has 0 unspecified atom stereocenters. The van der Waals surface area contributed by atoms with Crippen LogP contribution in [0.25, 0.3) is 0 Å². The van der Waals surface area contributed by atoms with E-state index in [0.717, 1.165) is 17.7 Å². The summed E-state index contributed by atoms with van der Waals surface area (Å²) in [6.45, 7) is 2.53. The van der Waals surface area contributed by atoms with Gasteiger partial charge in [-0.3, -0.25) is 8.94 Å². The van der Waals surface area contributed by atoms with Crippen molar-refractivity contribution in [2.24, 2.45) is 4.99 Å². The minimum atomic E-state index is -0.136. The van der Waals surface area contributed by atoms with Crippen LogP contribution in [0.2, 0.25) is 5.02 Å². The molecule has 0 aliphatic heterocycles. The van der Waals surface area contributed by atoms with E-state index in [-0.39, 0.29) is 5.69 Å². The molecule has 118 valence electrons. The molecule has 6 heteroatoms. The monoisotopic (exact) mass is 345 g/mol. The molecule has 2 aromatic carbocycles. The van der Waals surface area contributed by atoms with E-state index in [2.05, 4.69) is 21.5 Å². The molecule has 1 heterocycles. The average molecular weight is 346 g/mol. The summed E-state index contributed by atoms with van der Waals surface area (Å²) >= 11 is 7.37. The van der Waals surface area contributed by atoms with Crippen molar-refractivity contribution in [2.45, 2.75) is 19.9 Å². The smallest absolute Gasteiger partial charge is 0.267 e. The van der Waals surface area contributed by atoms with Gasteiger partial charge in [0.05, 0.1) is 5.69 Å². The number of aromatic nitrogens is 2. The lowest BCUT2D eigenvalue weighted by molar-refractivity contribution is 0.647. The largest absolute Gasteiger partial charge is 0.337 e. The molecule has 0 saturated carbocycles. The molecule has 0 amide bonds. The van der Waals surface area contributed by atoms with Gasteiger partial charge in [-0.15, -0.1) is 0 Å². The summed E-state index contributed by atoms with van der Waals surface area (Å²) in [5.41, 5.74) is 2.80. The highest BCUT2D eigenvalue weighted by atomic mass is 35.5. The molecule has 0 radical (unpaired) electrons. The van der Waals surface area contributed by atoms with Gasteiger partial charge in [0.25, 0.3) is 0 Å². The van der Waals surface area contributed by atoms with Gasteiger partial charge in [-0.05, 0) is 48.1 Å². The van der Waals surface area contributed by atoms with Crippen LogP contribution in [-0.2, 0) is 13.0 Å². The minimum Gasteiger partial charge on any atom is -0.267 e. The third-order valence-electron chi connectivity index (χ3n) is 3.55. The van der Waals surface area contributed by atoms with Crippen molar-refractivity contribution >= 4 is 28.8 Å². The quantitative estimate of drug-likeness (QED) is 0.770. The fraction of sp³-hybridized carbons (Fsp3) is 0.176. The van der Waals surface area contributed by atoms with E-state index in [1.165, 1.54) is 17.1 Å². The first-order chi connectivity index (χ1) is 11.1. The normalized spacial score (nSPS) is 11.8. The molecule has 0 bridgehead atoms. The predicted octanol–water partition coefficient (Wildman–Crippen LogP) is 3.67. The van der Waals surface area contributed by atoms with Crippen LogP contribution in [0.1, 0.15) is 11.1 Å². The number of halogens is 1. The molecule has 0 atom stereocenters. The zero-order valence-electron chi connectivity index (χ0n) is 12.6. The van der Waals surface area contributed by atoms with Gasteiger partial charge in [-0.1, -0.05) is 48.0 Å². The summed E-state index contributed by atoms with van der Waals surface area (Å²) in [4.78, 5) is 17.2. The summed E-state index contributed by atoms with van der Waals surface area (Å²) in [5, 5.41) is 0.671. The van der Waals surface area contributed by atoms with Gasteiger partial charge in [0.2, 0.25) is 4.80 Å². The molecule has 3 rings (SSSR count). The van der Waals surface area contributed by atoms with Crippen molar-refractivity contribution in [3.63, 3.8) is 0 Å². The number of hydrogen-bond donors (Lipinski definition) is 1. The zero-order chi connectivity index (χ0) is 16.2. The third-order valence-corrected chi connectivity index (χ3v) is 4.73. The molecule has 1 aromatic heterocycles. The molecule has 23 heavy (non-hydrogen) atoms. The summed E-state index contributed by atoms with van der Waals surface area (Å²) in [6.07, 6.45) is 0.780. The van der Waals surface area contributed by atoms with Gasteiger partial charge >= 0.3 is 5.69 Å². The molecule has 3 aromatic rings. The zero-order valence-corrected chi connectivity index (χ0v) is 14.2. The Bertz CT molecular complexity index is 925. The fourth-order valence-corrected chi connectivity index (χ4v) is 3.11. The predicted molar refractivity (Wildman–Crippen MR) is 94.5 cm³/mol. The summed E-state index contributed by atoms with van der Waals surface area (Å²) in [7, 11) is 0. The highest BCUT2D eigenvalue weighted by Crippen LogP contribution is 2.21. The number of aromatic amines is 1. The average Bonchev–Trinajstić information content (AvgIpc) is 2.90. The maximum Gasteiger partial charge on any atom is 0.337 e. The molecule has 0 aliphatic carbocycles. The van der Waals surface area contributed by atoms with Crippen LogP contribution >= 0.6 is 23.1 Å². The standard InChI is InChI=1S/C17H16ClN3OS/c1-12-7-8-14(11-15(12)18)19-17-21(16(22)20-23-17)10-9-13-5-3-2-4-6-13/h2-8,11H,9-10H2,1H3,(H,20,22)/b19-17-. The molecule has 4 nitrogen and oxygen atoms in total. The van der Waals surface area contributed by atoms with Crippen LogP contribution in [0.15, 0.2) is 58.3 Å². The van der Waals surface area contributed by atoms with Gasteiger partial charge in [0.1, 0.15) is 0 Å². The minimum absolute atomic E-state index is 0.136. The van der Waals surface area contributed by atoms with Crippen molar-refractivity contribution in [3.8, 4) is 0 Å². The lowest BCUT2D eigenvalue weighted by Gasteiger charge is -2.02. The van der Waals surface area contributed by atoms with E-state index in [1.54, 1.807) is 4.57 Å². The Balaban J connectivity index is 1.90. The van der Waals surface area contributed by atoms with Crippen LogP contribution in [0.4, 0.5) is 5.69 Å². The Morgan fingerprint density at radius 3 is 2.74 bits per heavy atom. The van der Waals surface area contributed by atoms with Gasteiger partial charge in [0, 0.05) is 11.6 Å². The maximum atomic E-state index is 12.0. The van der Waals surface area contributed by atoms with Crippen LogP contribution in [0, 0.1) is 6.92 Å². The number of aryl methyl sites for hydroxylation is 2. The first kappa shape index (κ1) is 15.8. The SMILES string of the molecule is Cc1ccc(/N=c2\s[nH]c(=O)n2CCc2ccccc2)cc1Cl. The van der Waals surface area contributed by atoms with E-state index >= 15 is 0 Å². The van der Waals surface area contributed by atoms with Gasteiger partial charge in [-0.2, -0.15) is 0 Å². The van der Waals surface area contributed by atoms with Crippen molar-refractivity contribution in [1.29, 1.82) is 0 Å². The maximum absolute atomic E-state index is 12.0. The Morgan fingerprint density at radius 1 is 1.22 bits per heavy atom. The number of H-pyrrole nitrogens is 1. The lowest BCUT2D eigenvalue weighted by atomic mass is 10.1. The summed E-state index contributed by atoms with van der Waals surface area (Å²) in [5.74, 6) is 0. The van der Waals surface area contributed by atoms with Crippen molar-refractivity contribution in [1.82, 2.24) is 8.94 Å². The summed E-state index contributed by atoms with van der Waals surface area (Å²) in [6, 6.07) is 15.7. The highest BCUT2D eigenvalue weighted by Gasteiger charge is 2.04. The first-order valence-corrected chi connectivity index (χ1v) is 8.46. The van der Waals surface area contributed by atoms with Gasteiger partial charge in [-0.25, -0.2) is 9.79 Å². The first-order valence-electron chi connectivity index (χ1n) is 7.26. The van der Waals surface area contributed by atoms with Crippen molar-refractivity contribution < 1.29 is 0 Å². The second-order valence-corrected chi connectivity index (χ2v) is 6.40. The van der Waals surface area contributed by atoms with E-state index in [4.69, 9.17) is 11.6 Å². The Morgan fingerprint density at radius 2 is 2.00 bits per heavy atom. The van der Waals surface area contributed by atoms with Crippen molar-refractivity contribution in [2.75, 3.05) is 0 Å². The number of rotatable bonds is 4. The molecule has 0 saturated heterocycles. The van der Waals surface area contributed by atoms with Crippen LogP contribution in [-0.4, -0.2) is 8.94 Å². The van der Waals surface area contributed by atoms with Crippen molar-refractivity contribution in [3.05, 3.63) is 80.0 Å². The molecule has 1 N–H and O–H groups in total. The van der Waals surface area contributed by atoms with Crippen LogP contribution in [0.5, 0.6) is 0 Å².